The number of rotatable bonds is 7. The Labute approximate surface area is 192 Å². The van der Waals surface area contributed by atoms with Crippen LogP contribution in [0.5, 0.6) is 0 Å². The lowest BCUT2D eigenvalue weighted by Crippen LogP contribution is -2.46. The second-order valence-corrected chi connectivity index (χ2v) is 8.66. The molecule has 1 atom stereocenters. The van der Waals surface area contributed by atoms with Crippen molar-refractivity contribution >= 4 is 45.9 Å². The smallest absolute Gasteiger partial charge is 0.227 e. The summed E-state index contributed by atoms with van der Waals surface area (Å²) < 4.78 is 0. The first kappa shape index (κ1) is 22.1. The number of aliphatic hydroxyl groups excluding tert-OH is 1. The van der Waals surface area contributed by atoms with E-state index < -0.39 is 0 Å². The van der Waals surface area contributed by atoms with Gasteiger partial charge in [0.25, 0.3) is 0 Å². The van der Waals surface area contributed by atoms with Gasteiger partial charge in [0.1, 0.15) is 5.82 Å². The second-order valence-electron chi connectivity index (χ2n) is 7.82. The minimum atomic E-state index is -0.0351. The van der Waals surface area contributed by atoms with Gasteiger partial charge in [0.2, 0.25) is 5.95 Å². The van der Waals surface area contributed by atoms with Crippen LogP contribution in [0.15, 0.2) is 42.5 Å². The summed E-state index contributed by atoms with van der Waals surface area (Å²) in [5.41, 5.74) is 1.99. The fourth-order valence-corrected chi connectivity index (χ4v) is 4.25. The molecule has 0 saturated carbocycles. The van der Waals surface area contributed by atoms with Gasteiger partial charge in [-0.05, 0) is 36.2 Å². The van der Waals surface area contributed by atoms with Gasteiger partial charge in [0.15, 0.2) is 0 Å². The van der Waals surface area contributed by atoms with Crippen LogP contribution < -0.4 is 10.2 Å². The van der Waals surface area contributed by atoms with Crippen LogP contribution in [0.2, 0.25) is 10.0 Å². The molecule has 3 aromatic rings. The molecule has 1 aliphatic heterocycles. The molecule has 1 aliphatic rings. The molecule has 4 rings (SSSR count). The Balaban J connectivity index is 1.49. The van der Waals surface area contributed by atoms with E-state index >= 15 is 0 Å². The van der Waals surface area contributed by atoms with Gasteiger partial charge in [-0.1, -0.05) is 48.3 Å². The van der Waals surface area contributed by atoms with Gasteiger partial charge in [-0.3, -0.25) is 4.90 Å². The topological polar surface area (TPSA) is 64.5 Å². The molecule has 0 amide bonds. The average molecular weight is 460 g/mol. The first-order valence-corrected chi connectivity index (χ1v) is 11.4. The first-order chi connectivity index (χ1) is 15.1. The number of benzene rings is 2. The molecule has 1 fully saturated rings. The molecule has 2 N–H and O–H groups in total. The third-order valence-corrected chi connectivity index (χ3v) is 6.30. The fourth-order valence-electron chi connectivity index (χ4n) is 3.78. The lowest BCUT2D eigenvalue weighted by molar-refractivity contribution is 0.249. The highest BCUT2D eigenvalue weighted by Gasteiger charge is 2.21. The van der Waals surface area contributed by atoms with Crippen molar-refractivity contribution in [2.45, 2.75) is 25.9 Å². The quantitative estimate of drug-likeness (QED) is 0.544. The number of piperazine rings is 1. The van der Waals surface area contributed by atoms with Crippen LogP contribution in [0.1, 0.15) is 18.9 Å². The van der Waals surface area contributed by atoms with Crippen molar-refractivity contribution in [3.05, 3.63) is 58.1 Å². The Morgan fingerprint density at radius 2 is 1.84 bits per heavy atom. The Morgan fingerprint density at radius 1 is 1.06 bits per heavy atom. The molecular weight excluding hydrogens is 433 g/mol. The van der Waals surface area contributed by atoms with E-state index in [-0.39, 0.29) is 12.6 Å². The molecule has 2 heterocycles. The molecule has 164 valence electrons. The summed E-state index contributed by atoms with van der Waals surface area (Å²) in [7, 11) is 0. The molecule has 1 unspecified atom stereocenters. The maximum atomic E-state index is 9.62. The van der Waals surface area contributed by atoms with E-state index in [2.05, 4.69) is 15.1 Å². The summed E-state index contributed by atoms with van der Waals surface area (Å²) in [6.45, 7) is 6.36. The Morgan fingerprint density at radius 3 is 2.55 bits per heavy atom. The predicted octanol–water partition coefficient (Wildman–Crippen LogP) is 4.44. The van der Waals surface area contributed by atoms with Crippen LogP contribution in [-0.2, 0) is 6.54 Å². The normalized spacial score (nSPS) is 15.9. The molecule has 0 bridgehead atoms. The van der Waals surface area contributed by atoms with Gasteiger partial charge in [0, 0.05) is 48.2 Å². The number of halogens is 2. The van der Waals surface area contributed by atoms with Crippen LogP contribution in [0.4, 0.5) is 11.8 Å². The third-order valence-electron chi connectivity index (χ3n) is 5.71. The van der Waals surface area contributed by atoms with Crippen molar-refractivity contribution in [3.8, 4) is 0 Å². The number of aliphatic hydroxyl groups is 1. The molecule has 0 aliphatic carbocycles. The molecule has 1 saturated heterocycles. The second kappa shape index (κ2) is 10.0. The van der Waals surface area contributed by atoms with E-state index in [1.54, 1.807) is 6.07 Å². The average Bonchev–Trinajstić information content (AvgIpc) is 2.79. The van der Waals surface area contributed by atoms with Crippen LogP contribution in [0, 0.1) is 0 Å². The van der Waals surface area contributed by atoms with Crippen molar-refractivity contribution < 1.29 is 5.11 Å². The highest BCUT2D eigenvalue weighted by Crippen LogP contribution is 2.26. The minimum Gasteiger partial charge on any atom is -0.394 e. The summed E-state index contributed by atoms with van der Waals surface area (Å²) in [5, 5.41) is 15.3. The highest BCUT2D eigenvalue weighted by atomic mass is 35.5. The summed E-state index contributed by atoms with van der Waals surface area (Å²) in [6, 6.07) is 13.6. The van der Waals surface area contributed by atoms with Gasteiger partial charge in [-0.25, -0.2) is 4.98 Å². The largest absolute Gasteiger partial charge is 0.394 e. The van der Waals surface area contributed by atoms with E-state index in [0.29, 0.717) is 10.0 Å². The minimum absolute atomic E-state index is 0.0351. The summed E-state index contributed by atoms with van der Waals surface area (Å²) in [5.74, 6) is 1.50. The van der Waals surface area contributed by atoms with E-state index in [1.807, 2.05) is 43.3 Å². The van der Waals surface area contributed by atoms with Crippen molar-refractivity contribution in [1.29, 1.82) is 0 Å². The Bertz CT molecular complexity index is 1040. The molecule has 8 heteroatoms. The third kappa shape index (κ3) is 5.21. The molecule has 1 aromatic heterocycles. The molecule has 0 spiro atoms. The lowest BCUT2D eigenvalue weighted by Gasteiger charge is -2.35. The highest BCUT2D eigenvalue weighted by molar-refractivity contribution is 6.35. The number of aromatic nitrogens is 2. The molecular formula is C23H27Cl2N5O. The monoisotopic (exact) mass is 459 g/mol. The van der Waals surface area contributed by atoms with Gasteiger partial charge >= 0.3 is 0 Å². The van der Waals surface area contributed by atoms with Gasteiger partial charge in [-0.2, -0.15) is 4.98 Å². The first-order valence-electron chi connectivity index (χ1n) is 10.6. The van der Waals surface area contributed by atoms with E-state index in [1.165, 1.54) is 0 Å². The lowest BCUT2D eigenvalue weighted by atomic mass is 10.2. The summed E-state index contributed by atoms with van der Waals surface area (Å²) in [4.78, 5) is 14.2. The van der Waals surface area contributed by atoms with Crippen LogP contribution >= 0.6 is 23.2 Å². The standard InChI is InChI=1S/C23H27Cl2N5O/c1-2-18(15-31)26-22-19-5-3-4-6-21(19)27-23(28-22)30-11-9-29(10-12-30)14-16-7-8-17(24)13-20(16)25/h3-8,13,18,31H,2,9-12,14-15H2,1H3,(H,26,27,28). The van der Waals surface area contributed by atoms with Crippen molar-refractivity contribution in [3.63, 3.8) is 0 Å². The number of fused-ring (bicyclic) bond motifs is 1. The maximum absolute atomic E-state index is 9.62. The molecule has 2 aromatic carbocycles. The van der Waals surface area contributed by atoms with Crippen molar-refractivity contribution in [2.24, 2.45) is 0 Å². The number of nitrogens with zero attached hydrogens (tertiary/aromatic N) is 4. The molecule has 31 heavy (non-hydrogen) atoms. The van der Waals surface area contributed by atoms with Crippen LogP contribution in [0.3, 0.4) is 0 Å². The maximum Gasteiger partial charge on any atom is 0.227 e. The van der Waals surface area contributed by atoms with Gasteiger partial charge in [-0.15, -0.1) is 0 Å². The van der Waals surface area contributed by atoms with Gasteiger partial charge < -0.3 is 15.3 Å². The number of hydrogen-bond acceptors (Lipinski definition) is 6. The number of para-hydroxylation sites is 1. The molecule has 6 nitrogen and oxygen atoms in total. The number of hydrogen-bond donors (Lipinski definition) is 2. The van der Waals surface area contributed by atoms with Crippen LogP contribution in [-0.4, -0.2) is 58.8 Å². The Hall–Kier alpha value is -2.12. The Kier molecular flexibility index (Phi) is 7.13. The van der Waals surface area contributed by atoms with Crippen molar-refractivity contribution in [2.75, 3.05) is 43.0 Å². The van der Waals surface area contributed by atoms with E-state index in [0.717, 1.165) is 67.4 Å². The predicted molar refractivity (Wildman–Crippen MR) is 128 cm³/mol. The number of nitrogens with one attached hydrogen (secondary N) is 1. The van der Waals surface area contributed by atoms with Crippen LogP contribution in [0.25, 0.3) is 10.9 Å². The summed E-state index contributed by atoms with van der Waals surface area (Å²) >= 11 is 12.4. The zero-order chi connectivity index (χ0) is 21.8. The van der Waals surface area contributed by atoms with E-state index in [4.69, 9.17) is 33.2 Å². The molecule has 0 radical (unpaired) electrons. The van der Waals surface area contributed by atoms with E-state index in [9.17, 15) is 5.11 Å². The zero-order valence-corrected chi connectivity index (χ0v) is 19.1. The summed E-state index contributed by atoms with van der Waals surface area (Å²) in [6.07, 6.45) is 0.816. The zero-order valence-electron chi connectivity index (χ0n) is 17.6. The van der Waals surface area contributed by atoms with Crippen molar-refractivity contribution in [1.82, 2.24) is 14.9 Å². The number of anilines is 2. The van der Waals surface area contributed by atoms with Gasteiger partial charge in [0.05, 0.1) is 18.2 Å². The SMILES string of the molecule is CCC(CO)Nc1nc(N2CCN(Cc3ccc(Cl)cc3Cl)CC2)nc2ccccc12. The fraction of sp³-hybridized carbons (Fsp3) is 0.391.